The van der Waals surface area contributed by atoms with Crippen molar-refractivity contribution in [1.82, 2.24) is 0 Å². The average molecular weight is 205 g/mol. The minimum Gasteiger partial charge on any atom is -0.749 e. The van der Waals surface area contributed by atoms with E-state index in [1.165, 1.54) is 0 Å². The van der Waals surface area contributed by atoms with Crippen molar-refractivity contribution in [1.29, 1.82) is 0 Å². The van der Waals surface area contributed by atoms with Gasteiger partial charge in [0.05, 0.1) is 13.2 Å². The molecule has 11 heavy (non-hydrogen) atoms. The highest BCUT2D eigenvalue weighted by atomic mass is 32.3. The van der Waals surface area contributed by atoms with E-state index in [9.17, 15) is 17.2 Å². The second-order valence-corrected chi connectivity index (χ2v) is 3.23. The third-order valence-corrected chi connectivity index (χ3v) is 2.02. The fourth-order valence-electron chi connectivity index (χ4n) is 0.227. The molecule has 0 aromatic carbocycles. The van der Waals surface area contributed by atoms with Gasteiger partial charge in [-0.25, -0.2) is 8.39 Å². The molecule has 0 aliphatic heterocycles. The van der Waals surface area contributed by atoms with Gasteiger partial charge >= 0.3 is 10.4 Å². The fraction of sp³-hybridized carbons (Fsp3) is 1.00. The standard InChI is InChI=1S/C2H6O7S2/c3-1-2-8-11(6,7)9-10(4)5/h3H,1-2H2,(H,4,5)/p-1. The summed E-state index contributed by atoms with van der Waals surface area (Å²) in [6.07, 6.45) is 0. The largest absolute Gasteiger partial charge is 0.749 e. The first-order valence-electron chi connectivity index (χ1n) is 2.27. The minimum absolute atomic E-state index is 0.542. The zero-order chi connectivity index (χ0) is 8.91. The quantitative estimate of drug-likeness (QED) is 0.519. The molecule has 0 aliphatic carbocycles. The van der Waals surface area contributed by atoms with Crippen LogP contribution in [0.3, 0.4) is 0 Å². The SMILES string of the molecule is O=S([O-])OS(=O)(=O)OCCO. The first kappa shape index (κ1) is 10.9. The molecule has 68 valence electrons. The van der Waals surface area contributed by atoms with Gasteiger partial charge < -0.3 is 9.66 Å². The Morgan fingerprint density at radius 3 is 2.45 bits per heavy atom. The fourth-order valence-corrected chi connectivity index (χ4v) is 1.21. The van der Waals surface area contributed by atoms with Gasteiger partial charge in [0.2, 0.25) is 0 Å². The lowest BCUT2D eigenvalue weighted by molar-refractivity contribution is 0.190. The van der Waals surface area contributed by atoms with Crippen LogP contribution in [0.1, 0.15) is 0 Å². The number of hydrogen-bond donors (Lipinski definition) is 1. The van der Waals surface area contributed by atoms with E-state index in [0.29, 0.717) is 0 Å². The van der Waals surface area contributed by atoms with E-state index in [1.54, 1.807) is 0 Å². The Labute approximate surface area is 65.8 Å². The maximum absolute atomic E-state index is 10.3. The summed E-state index contributed by atoms with van der Waals surface area (Å²) < 4.78 is 46.9. The summed E-state index contributed by atoms with van der Waals surface area (Å²) in [6, 6.07) is 0. The predicted octanol–water partition coefficient (Wildman–Crippen LogP) is -1.95. The molecule has 0 radical (unpaired) electrons. The van der Waals surface area contributed by atoms with Gasteiger partial charge in [0, 0.05) is 0 Å². The molecule has 0 rings (SSSR count). The third kappa shape index (κ3) is 6.34. The molecule has 1 atom stereocenters. The normalized spacial score (nSPS) is 14.7. The van der Waals surface area contributed by atoms with Gasteiger partial charge in [0.25, 0.3) is 0 Å². The Kier molecular flexibility index (Phi) is 4.72. The van der Waals surface area contributed by atoms with Crippen molar-refractivity contribution >= 4 is 21.8 Å². The number of rotatable bonds is 5. The van der Waals surface area contributed by atoms with Crippen molar-refractivity contribution in [3.63, 3.8) is 0 Å². The Balaban J connectivity index is 3.92. The van der Waals surface area contributed by atoms with Crippen LogP contribution in [0.2, 0.25) is 0 Å². The molecule has 1 unspecified atom stereocenters. The van der Waals surface area contributed by atoms with Crippen molar-refractivity contribution in [2.75, 3.05) is 13.2 Å². The lowest BCUT2D eigenvalue weighted by Crippen LogP contribution is -2.13. The molecule has 1 N–H and O–H groups in total. The second-order valence-electron chi connectivity index (χ2n) is 1.23. The highest BCUT2D eigenvalue weighted by molar-refractivity contribution is 7.92. The van der Waals surface area contributed by atoms with Crippen molar-refractivity contribution in [3.8, 4) is 0 Å². The summed E-state index contributed by atoms with van der Waals surface area (Å²) in [7, 11) is -4.52. The summed E-state index contributed by atoms with van der Waals surface area (Å²) in [5, 5.41) is 8.06. The molecular formula is C2H5O7S2-. The number of hydrogen-bond acceptors (Lipinski definition) is 7. The van der Waals surface area contributed by atoms with E-state index >= 15 is 0 Å². The van der Waals surface area contributed by atoms with Crippen LogP contribution < -0.4 is 0 Å². The van der Waals surface area contributed by atoms with Crippen LogP contribution in [0.25, 0.3) is 0 Å². The van der Waals surface area contributed by atoms with Gasteiger partial charge in [-0.05, 0) is 0 Å². The van der Waals surface area contributed by atoms with Gasteiger partial charge in [-0.3, -0.25) is 0 Å². The molecule has 0 saturated carbocycles. The van der Waals surface area contributed by atoms with Crippen LogP contribution in [-0.2, 0) is 29.6 Å². The molecule has 9 heteroatoms. The van der Waals surface area contributed by atoms with Crippen LogP contribution in [0.15, 0.2) is 0 Å². The van der Waals surface area contributed by atoms with E-state index in [-0.39, 0.29) is 0 Å². The van der Waals surface area contributed by atoms with Crippen molar-refractivity contribution in [3.05, 3.63) is 0 Å². The van der Waals surface area contributed by atoms with E-state index in [1.807, 2.05) is 0 Å². The summed E-state index contributed by atoms with van der Waals surface area (Å²) in [5.41, 5.74) is 0. The molecule has 0 aliphatic rings. The maximum Gasteiger partial charge on any atom is 0.412 e. The first-order chi connectivity index (χ1) is 4.98. The molecule has 0 aromatic heterocycles. The van der Waals surface area contributed by atoms with Crippen molar-refractivity contribution in [2.45, 2.75) is 0 Å². The van der Waals surface area contributed by atoms with Crippen molar-refractivity contribution in [2.24, 2.45) is 0 Å². The van der Waals surface area contributed by atoms with E-state index < -0.39 is 35.0 Å². The molecule has 0 bridgehead atoms. The van der Waals surface area contributed by atoms with Gasteiger partial charge in [0.15, 0.2) is 0 Å². The highest BCUT2D eigenvalue weighted by Crippen LogP contribution is 1.96. The monoisotopic (exact) mass is 205 g/mol. The molecule has 0 fully saturated rings. The Bertz CT molecular complexity index is 217. The van der Waals surface area contributed by atoms with Gasteiger partial charge in [0.1, 0.15) is 11.4 Å². The summed E-state index contributed by atoms with van der Waals surface area (Å²) in [6.45, 7) is -1.09. The number of aliphatic hydroxyl groups is 1. The van der Waals surface area contributed by atoms with Crippen LogP contribution in [0, 0.1) is 0 Å². The summed E-state index contributed by atoms with van der Waals surface area (Å²) >= 11 is -3.18. The maximum atomic E-state index is 10.3. The predicted molar refractivity (Wildman–Crippen MR) is 32.0 cm³/mol. The van der Waals surface area contributed by atoms with Gasteiger partial charge in [-0.2, -0.15) is 12.0 Å². The van der Waals surface area contributed by atoms with Crippen molar-refractivity contribution < 1.29 is 30.1 Å². The molecule has 0 saturated heterocycles. The van der Waals surface area contributed by atoms with E-state index in [2.05, 4.69) is 7.81 Å². The van der Waals surface area contributed by atoms with Crippen LogP contribution in [0.4, 0.5) is 0 Å². The first-order valence-corrected chi connectivity index (χ1v) is 4.60. The number of aliphatic hydroxyl groups excluding tert-OH is 1. The average Bonchev–Trinajstić information content (AvgIpc) is 1.81. The molecule has 7 nitrogen and oxygen atoms in total. The van der Waals surface area contributed by atoms with Crippen LogP contribution in [0.5, 0.6) is 0 Å². The van der Waals surface area contributed by atoms with Gasteiger partial charge in [-0.1, -0.05) is 0 Å². The summed E-state index contributed by atoms with van der Waals surface area (Å²) in [4.78, 5) is 0. The molecule has 0 aromatic rings. The van der Waals surface area contributed by atoms with Crippen LogP contribution >= 0.6 is 0 Å². The lowest BCUT2D eigenvalue weighted by Gasteiger charge is -2.04. The highest BCUT2D eigenvalue weighted by Gasteiger charge is 2.11. The van der Waals surface area contributed by atoms with Gasteiger partial charge in [-0.15, -0.1) is 0 Å². The Morgan fingerprint density at radius 2 is 2.09 bits per heavy atom. The summed E-state index contributed by atoms with van der Waals surface area (Å²) in [5.74, 6) is 0. The lowest BCUT2D eigenvalue weighted by atomic mass is 10.8. The topological polar surface area (TPSA) is 113 Å². The second kappa shape index (κ2) is 4.74. The zero-order valence-corrected chi connectivity index (χ0v) is 6.76. The zero-order valence-electron chi connectivity index (χ0n) is 5.13. The minimum atomic E-state index is -4.52. The molecular weight excluding hydrogens is 200 g/mol. The van der Waals surface area contributed by atoms with E-state index in [0.717, 1.165) is 0 Å². The Hall–Kier alpha value is -0.0600. The molecule has 0 spiro atoms. The van der Waals surface area contributed by atoms with Crippen LogP contribution in [-0.4, -0.2) is 35.5 Å². The Morgan fingerprint density at radius 1 is 1.55 bits per heavy atom. The van der Waals surface area contributed by atoms with E-state index in [4.69, 9.17) is 5.11 Å². The molecule has 0 amide bonds. The third-order valence-electron chi connectivity index (χ3n) is 0.458. The smallest absolute Gasteiger partial charge is 0.412 e. The molecule has 0 heterocycles.